The molecule has 4 aliphatic carbocycles. The van der Waals surface area contributed by atoms with Gasteiger partial charge in [-0.3, -0.25) is 0 Å². The summed E-state index contributed by atoms with van der Waals surface area (Å²) in [6, 6.07) is 0. The third-order valence-electron chi connectivity index (χ3n) is 5.61. The molecule has 4 saturated carbocycles. The van der Waals surface area contributed by atoms with Crippen molar-refractivity contribution in [1.29, 1.82) is 0 Å². The van der Waals surface area contributed by atoms with Crippen LogP contribution in [0.25, 0.3) is 0 Å². The molecule has 4 rings (SSSR count). The van der Waals surface area contributed by atoms with Crippen molar-refractivity contribution in [3.05, 3.63) is 5.92 Å². The average Bonchev–Trinajstić information content (AvgIpc) is 2.22. The maximum absolute atomic E-state index is 2.38. The first kappa shape index (κ1) is 10.2. The molecule has 0 aromatic heterocycles. The molecule has 0 aromatic rings. The quantitative estimate of drug-likeness (QED) is 0.638. The van der Waals surface area contributed by atoms with E-state index in [-0.39, 0.29) is 0 Å². The van der Waals surface area contributed by atoms with E-state index < -0.39 is 0 Å². The summed E-state index contributed by atoms with van der Waals surface area (Å²) in [5.74, 6) is 7.45. The van der Waals surface area contributed by atoms with Gasteiger partial charge in [0.2, 0.25) is 0 Å². The van der Waals surface area contributed by atoms with Crippen LogP contribution in [-0.4, -0.2) is 0 Å². The zero-order chi connectivity index (χ0) is 10.4. The highest BCUT2D eigenvalue weighted by Gasteiger charge is 2.49. The van der Waals surface area contributed by atoms with Gasteiger partial charge >= 0.3 is 0 Å². The van der Waals surface area contributed by atoms with E-state index in [9.17, 15) is 0 Å². The van der Waals surface area contributed by atoms with Crippen molar-refractivity contribution >= 4 is 0 Å². The van der Waals surface area contributed by atoms with Crippen molar-refractivity contribution in [2.75, 3.05) is 0 Å². The summed E-state index contributed by atoms with van der Waals surface area (Å²) >= 11 is 0. The molecule has 0 atom stereocenters. The smallest absolute Gasteiger partial charge is 0.0210 e. The van der Waals surface area contributed by atoms with Gasteiger partial charge in [-0.15, -0.1) is 0 Å². The third-order valence-corrected chi connectivity index (χ3v) is 5.61. The summed E-state index contributed by atoms with van der Waals surface area (Å²) < 4.78 is 0. The molecular weight excluding hydrogens is 180 g/mol. The van der Waals surface area contributed by atoms with Gasteiger partial charge in [0.25, 0.3) is 0 Å². The van der Waals surface area contributed by atoms with Gasteiger partial charge in [0.05, 0.1) is 0 Å². The summed E-state index contributed by atoms with van der Waals surface area (Å²) in [6.45, 7) is 4.76. The van der Waals surface area contributed by atoms with Gasteiger partial charge in [0, 0.05) is 0 Å². The molecule has 0 spiro atoms. The zero-order valence-electron chi connectivity index (χ0n) is 10.3. The lowest BCUT2D eigenvalue weighted by atomic mass is 9.49. The van der Waals surface area contributed by atoms with Gasteiger partial charge in [-0.1, -0.05) is 13.8 Å². The minimum Gasteiger partial charge on any atom is -0.0648 e. The lowest BCUT2D eigenvalue weighted by molar-refractivity contribution is -0.0323. The second-order valence-corrected chi connectivity index (χ2v) is 6.32. The van der Waals surface area contributed by atoms with Crippen LogP contribution in [0.4, 0.5) is 0 Å². The lowest BCUT2D eigenvalue weighted by Gasteiger charge is -2.56. The molecule has 1 radical (unpaired) electrons. The molecule has 0 aliphatic heterocycles. The topological polar surface area (TPSA) is 0 Å². The molecule has 0 nitrogen and oxygen atoms in total. The fourth-order valence-corrected chi connectivity index (χ4v) is 5.31. The standard InChI is InChI=1S/C15H25/c1-3-12(4-2)15-13-6-10-5-11(8-13)9-14(15)7-10/h10-11,13-15H,3-9H2,1-2H3. The first-order chi connectivity index (χ1) is 7.31. The highest BCUT2D eigenvalue weighted by molar-refractivity contribution is 5.08. The average molecular weight is 205 g/mol. The van der Waals surface area contributed by atoms with Crippen molar-refractivity contribution < 1.29 is 0 Å². The van der Waals surface area contributed by atoms with Gasteiger partial charge in [0.1, 0.15) is 0 Å². The molecule has 15 heavy (non-hydrogen) atoms. The van der Waals surface area contributed by atoms with E-state index in [4.69, 9.17) is 0 Å². The van der Waals surface area contributed by atoms with Crippen molar-refractivity contribution in [2.24, 2.45) is 29.6 Å². The summed E-state index contributed by atoms with van der Waals surface area (Å²) in [6.07, 6.45) is 10.6. The molecule has 85 valence electrons. The highest BCUT2D eigenvalue weighted by atomic mass is 14.5. The first-order valence-corrected chi connectivity index (χ1v) is 7.16. The summed E-state index contributed by atoms with van der Waals surface area (Å²) in [4.78, 5) is 0. The molecule has 0 unspecified atom stereocenters. The van der Waals surface area contributed by atoms with E-state index in [2.05, 4.69) is 13.8 Å². The SMILES string of the molecule is CC[C](CC)C1C2CC3CC(C2)CC1C3. The predicted octanol–water partition coefficient (Wildman–Crippen LogP) is 4.45. The molecule has 4 bridgehead atoms. The van der Waals surface area contributed by atoms with E-state index in [0.717, 1.165) is 29.6 Å². The van der Waals surface area contributed by atoms with Crippen LogP contribution in [0.1, 0.15) is 58.8 Å². The summed E-state index contributed by atoms with van der Waals surface area (Å²) in [5, 5.41) is 0. The predicted molar refractivity (Wildman–Crippen MR) is 64.4 cm³/mol. The molecule has 0 heteroatoms. The van der Waals surface area contributed by atoms with E-state index in [1.807, 2.05) is 5.92 Å². The molecule has 0 amide bonds. The van der Waals surface area contributed by atoms with Gasteiger partial charge in [-0.2, -0.15) is 0 Å². The second-order valence-electron chi connectivity index (χ2n) is 6.32. The van der Waals surface area contributed by atoms with E-state index in [0.29, 0.717) is 0 Å². The Bertz CT molecular complexity index is 198. The fraction of sp³-hybridized carbons (Fsp3) is 0.933. The van der Waals surface area contributed by atoms with Crippen LogP contribution in [0.15, 0.2) is 0 Å². The monoisotopic (exact) mass is 205 g/mol. The molecule has 4 fully saturated rings. The minimum absolute atomic E-state index is 1.05. The Balaban J connectivity index is 1.79. The Hall–Kier alpha value is 0. The summed E-state index contributed by atoms with van der Waals surface area (Å²) in [7, 11) is 0. The lowest BCUT2D eigenvalue weighted by Crippen LogP contribution is -2.47. The molecule has 4 aliphatic rings. The molecule has 0 heterocycles. The van der Waals surface area contributed by atoms with E-state index >= 15 is 0 Å². The van der Waals surface area contributed by atoms with Crippen molar-refractivity contribution in [2.45, 2.75) is 58.8 Å². The molecular formula is C15H25. The fourth-order valence-electron chi connectivity index (χ4n) is 5.31. The first-order valence-electron chi connectivity index (χ1n) is 7.16. The largest absolute Gasteiger partial charge is 0.0648 e. The van der Waals surface area contributed by atoms with Crippen molar-refractivity contribution in [3.8, 4) is 0 Å². The Morgan fingerprint density at radius 3 is 1.67 bits per heavy atom. The third kappa shape index (κ3) is 1.56. The van der Waals surface area contributed by atoms with Crippen LogP contribution < -0.4 is 0 Å². The van der Waals surface area contributed by atoms with Crippen molar-refractivity contribution in [1.82, 2.24) is 0 Å². The van der Waals surface area contributed by atoms with Gasteiger partial charge < -0.3 is 0 Å². The number of hydrogen-bond acceptors (Lipinski definition) is 0. The van der Waals surface area contributed by atoms with Gasteiger partial charge in [0.15, 0.2) is 0 Å². The zero-order valence-corrected chi connectivity index (χ0v) is 10.3. The van der Waals surface area contributed by atoms with Crippen LogP contribution in [0, 0.1) is 35.5 Å². The van der Waals surface area contributed by atoms with E-state index in [1.165, 1.54) is 12.8 Å². The molecule has 0 N–H and O–H groups in total. The van der Waals surface area contributed by atoms with Crippen LogP contribution in [0.3, 0.4) is 0 Å². The Labute approximate surface area is 94.8 Å². The molecule has 0 saturated heterocycles. The van der Waals surface area contributed by atoms with Crippen LogP contribution in [-0.2, 0) is 0 Å². The normalized spacial score (nSPS) is 47.8. The van der Waals surface area contributed by atoms with Gasteiger partial charge in [-0.25, -0.2) is 0 Å². The Kier molecular flexibility index (Phi) is 2.57. The second kappa shape index (κ2) is 3.79. The Morgan fingerprint density at radius 1 is 0.800 bits per heavy atom. The van der Waals surface area contributed by atoms with Crippen molar-refractivity contribution in [3.63, 3.8) is 0 Å². The maximum Gasteiger partial charge on any atom is -0.0210 e. The Morgan fingerprint density at radius 2 is 1.27 bits per heavy atom. The van der Waals surface area contributed by atoms with Crippen LogP contribution >= 0.6 is 0 Å². The van der Waals surface area contributed by atoms with Crippen LogP contribution in [0.5, 0.6) is 0 Å². The number of hydrogen-bond donors (Lipinski definition) is 0. The van der Waals surface area contributed by atoms with Crippen LogP contribution in [0.2, 0.25) is 0 Å². The highest BCUT2D eigenvalue weighted by Crippen LogP contribution is 2.59. The number of rotatable bonds is 3. The van der Waals surface area contributed by atoms with Gasteiger partial charge in [-0.05, 0) is 80.5 Å². The van der Waals surface area contributed by atoms with E-state index in [1.54, 1.807) is 32.1 Å². The minimum atomic E-state index is 1.05. The maximum atomic E-state index is 2.38. The summed E-state index contributed by atoms with van der Waals surface area (Å²) in [5.41, 5.74) is 0. The molecule has 0 aromatic carbocycles.